The fourth-order valence-electron chi connectivity index (χ4n) is 5.06. The first-order valence-corrected chi connectivity index (χ1v) is 12.7. The van der Waals surface area contributed by atoms with Crippen molar-refractivity contribution in [3.63, 3.8) is 0 Å². The monoisotopic (exact) mass is 491 g/mol. The molecule has 4 rings (SSSR count). The second-order valence-electron chi connectivity index (χ2n) is 9.07. The molecule has 32 heavy (non-hydrogen) atoms. The molecule has 1 saturated carbocycles. The van der Waals surface area contributed by atoms with Gasteiger partial charge < -0.3 is 15.5 Å². The average molecular weight is 493 g/mol. The van der Waals surface area contributed by atoms with Gasteiger partial charge >= 0.3 is 0 Å². The summed E-state index contributed by atoms with van der Waals surface area (Å²) in [4.78, 5) is 11.4. The number of thiocarbonyl (C=S) groups is 1. The predicted molar refractivity (Wildman–Crippen MR) is 138 cm³/mol. The van der Waals surface area contributed by atoms with Crippen LogP contribution in [0.3, 0.4) is 0 Å². The molecule has 2 heterocycles. The van der Waals surface area contributed by atoms with Crippen LogP contribution < -0.4 is 15.5 Å². The van der Waals surface area contributed by atoms with Crippen molar-refractivity contribution < 1.29 is 0 Å². The number of aromatic nitrogens is 2. The summed E-state index contributed by atoms with van der Waals surface area (Å²) in [7, 11) is 0. The van der Waals surface area contributed by atoms with Crippen LogP contribution in [0.15, 0.2) is 30.3 Å². The Morgan fingerprint density at radius 2 is 1.94 bits per heavy atom. The van der Waals surface area contributed by atoms with Crippen LogP contribution in [0.4, 0.5) is 11.8 Å². The number of piperidine rings is 1. The number of hydrogen-bond donors (Lipinski definition) is 2. The third kappa shape index (κ3) is 5.64. The molecule has 0 spiro atoms. The predicted octanol–water partition coefficient (Wildman–Crippen LogP) is 6.35. The zero-order chi connectivity index (χ0) is 22.6. The molecule has 0 amide bonds. The molecule has 1 saturated heterocycles. The Morgan fingerprint density at radius 1 is 1.12 bits per heavy atom. The summed E-state index contributed by atoms with van der Waals surface area (Å²) in [5.74, 6) is 1.29. The standard InChI is InChI=1S/C24H31Cl2N5S/c1-17-8-3-6-13-31(17)21-15-20(26)28-22(29-21)30-23(32)27-16-24(11-4-2-5-12-24)18-9-7-10-19(25)14-18/h7,9-10,14-15,17H,2-6,8,11-13,16H2,1H3,(H2,27,28,29,30,32)/t17-/m1/s1. The van der Waals surface area contributed by atoms with Gasteiger partial charge in [0.1, 0.15) is 11.0 Å². The van der Waals surface area contributed by atoms with E-state index in [1.807, 2.05) is 18.2 Å². The Balaban J connectivity index is 1.45. The molecule has 5 nitrogen and oxygen atoms in total. The first kappa shape index (κ1) is 23.5. The van der Waals surface area contributed by atoms with Gasteiger partial charge in [-0.05, 0) is 68.9 Å². The first-order valence-electron chi connectivity index (χ1n) is 11.6. The number of anilines is 2. The van der Waals surface area contributed by atoms with Gasteiger partial charge in [-0.25, -0.2) is 4.98 Å². The van der Waals surface area contributed by atoms with Crippen LogP contribution in [0.5, 0.6) is 0 Å². The summed E-state index contributed by atoms with van der Waals surface area (Å²) >= 11 is 18.2. The maximum Gasteiger partial charge on any atom is 0.232 e. The third-order valence-corrected chi connectivity index (χ3v) is 7.51. The molecule has 2 N–H and O–H groups in total. The number of hydrogen-bond acceptors (Lipinski definition) is 4. The molecule has 1 aromatic carbocycles. The first-order chi connectivity index (χ1) is 15.4. The molecule has 0 radical (unpaired) electrons. The van der Waals surface area contributed by atoms with E-state index in [1.165, 1.54) is 37.7 Å². The van der Waals surface area contributed by atoms with E-state index < -0.39 is 0 Å². The molecule has 0 bridgehead atoms. The van der Waals surface area contributed by atoms with Crippen molar-refractivity contribution in [1.82, 2.24) is 15.3 Å². The maximum absolute atomic E-state index is 6.32. The number of rotatable bonds is 5. The summed E-state index contributed by atoms with van der Waals surface area (Å²) in [5.41, 5.74) is 1.30. The highest BCUT2D eigenvalue weighted by atomic mass is 35.5. The summed E-state index contributed by atoms with van der Waals surface area (Å²) in [6, 6.07) is 10.5. The van der Waals surface area contributed by atoms with E-state index in [4.69, 9.17) is 40.4 Å². The van der Waals surface area contributed by atoms with Crippen LogP contribution >= 0.6 is 35.4 Å². The fourth-order valence-corrected chi connectivity index (χ4v) is 5.59. The van der Waals surface area contributed by atoms with Gasteiger partial charge in [0.15, 0.2) is 5.11 Å². The van der Waals surface area contributed by atoms with Crippen molar-refractivity contribution in [3.8, 4) is 0 Å². The van der Waals surface area contributed by atoms with Crippen LogP contribution in [0.1, 0.15) is 63.9 Å². The molecule has 1 atom stereocenters. The summed E-state index contributed by atoms with van der Waals surface area (Å²) in [6.45, 7) is 3.96. The van der Waals surface area contributed by atoms with E-state index in [9.17, 15) is 0 Å². The highest BCUT2D eigenvalue weighted by Gasteiger charge is 2.34. The molecular weight excluding hydrogens is 461 g/mol. The Hall–Kier alpha value is -1.63. The number of halogens is 2. The lowest BCUT2D eigenvalue weighted by molar-refractivity contribution is 0.292. The zero-order valence-corrected chi connectivity index (χ0v) is 20.9. The average Bonchev–Trinajstić information content (AvgIpc) is 2.78. The quantitative estimate of drug-likeness (QED) is 0.375. The number of benzene rings is 1. The summed E-state index contributed by atoms with van der Waals surface area (Å²) < 4.78 is 0. The van der Waals surface area contributed by atoms with E-state index in [0.29, 0.717) is 22.3 Å². The van der Waals surface area contributed by atoms with Crippen LogP contribution in [-0.2, 0) is 5.41 Å². The smallest absolute Gasteiger partial charge is 0.232 e. The Labute approximate surface area is 206 Å². The van der Waals surface area contributed by atoms with Gasteiger partial charge in [0.05, 0.1) is 0 Å². The molecular formula is C24H31Cl2N5S. The molecule has 2 aromatic rings. The molecule has 8 heteroatoms. The van der Waals surface area contributed by atoms with Gasteiger partial charge in [-0.15, -0.1) is 0 Å². The van der Waals surface area contributed by atoms with Gasteiger partial charge in [-0.2, -0.15) is 4.98 Å². The Bertz CT molecular complexity index is 948. The van der Waals surface area contributed by atoms with E-state index in [0.717, 1.165) is 43.2 Å². The lowest BCUT2D eigenvalue weighted by Crippen LogP contribution is -2.43. The minimum Gasteiger partial charge on any atom is -0.361 e. The largest absolute Gasteiger partial charge is 0.361 e. The van der Waals surface area contributed by atoms with Crippen molar-refractivity contribution in [2.45, 2.75) is 69.7 Å². The minimum atomic E-state index is 0.0263. The van der Waals surface area contributed by atoms with Crippen molar-refractivity contribution in [2.75, 3.05) is 23.3 Å². The van der Waals surface area contributed by atoms with E-state index in [-0.39, 0.29) is 5.41 Å². The van der Waals surface area contributed by atoms with Gasteiger partial charge in [0.2, 0.25) is 5.95 Å². The Kier molecular flexibility index (Phi) is 7.74. The lowest BCUT2D eigenvalue weighted by atomic mass is 9.69. The lowest BCUT2D eigenvalue weighted by Gasteiger charge is -2.38. The minimum absolute atomic E-state index is 0.0263. The highest BCUT2D eigenvalue weighted by molar-refractivity contribution is 7.80. The van der Waals surface area contributed by atoms with E-state index in [2.05, 4.69) is 39.6 Å². The molecule has 172 valence electrons. The number of nitrogens with zero attached hydrogens (tertiary/aromatic N) is 3. The van der Waals surface area contributed by atoms with E-state index in [1.54, 1.807) is 0 Å². The maximum atomic E-state index is 6.32. The van der Waals surface area contributed by atoms with E-state index >= 15 is 0 Å². The Morgan fingerprint density at radius 3 is 2.69 bits per heavy atom. The van der Waals surface area contributed by atoms with Crippen molar-refractivity contribution in [1.29, 1.82) is 0 Å². The van der Waals surface area contributed by atoms with Crippen molar-refractivity contribution >= 4 is 52.3 Å². The van der Waals surface area contributed by atoms with Crippen LogP contribution in [0.25, 0.3) is 0 Å². The summed E-state index contributed by atoms with van der Waals surface area (Å²) in [6.07, 6.45) is 9.52. The second kappa shape index (κ2) is 10.5. The SMILES string of the molecule is C[C@@H]1CCCCN1c1cc(Cl)nc(NC(=S)NCC2(c3cccc(Cl)c3)CCCCC2)n1. The third-order valence-electron chi connectivity index (χ3n) is 6.84. The molecule has 2 aliphatic rings. The van der Waals surface area contributed by atoms with Gasteiger partial charge in [0.25, 0.3) is 0 Å². The molecule has 1 aliphatic carbocycles. The van der Waals surface area contributed by atoms with Crippen LogP contribution in [0.2, 0.25) is 10.2 Å². The molecule has 1 aliphatic heterocycles. The van der Waals surface area contributed by atoms with Crippen LogP contribution in [-0.4, -0.2) is 34.2 Å². The second-order valence-corrected chi connectivity index (χ2v) is 10.3. The van der Waals surface area contributed by atoms with Gasteiger partial charge in [0, 0.05) is 35.6 Å². The topological polar surface area (TPSA) is 53.1 Å². The van der Waals surface area contributed by atoms with Crippen molar-refractivity contribution in [2.24, 2.45) is 0 Å². The normalized spacial score (nSPS) is 20.6. The van der Waals surface area contributed by atoms with Gasteiger partial charge in [-0.1, -0.05) is 54.6 Å². The zero-order valence-electron chi connectivity index (χ0n) is 18.5. The molecule has 1 aromatic heterocycles. The summed E-state index contributed by atoms with van der Waals surface area (Å²) in [5, 5.41) is 8.29. The number of nitrogens with one attached hydrogen (secondary N) is 2. The van der Waals surface area contributed by atoms with Crippen molar-refractivity contribution in [3.05, 3.63) is 46.1 Å². The van der Waals surface area contributed by atoms with Crippen LogP contribution in [0, 0.1) is 0 Å². The molecule has 2 fully saturated rings. The highest BCUT2D eigenvalue weighted by Crippen LogP contribution is 2.39. The fraction of sp³-hybridized carbons (Fsp3) is 0.542. The molecule has 0 unspecified atom stereocenters. The van der Waals surface area contributed by atoms with Gasteiger partial charge in [-0.3, -0.25) is 0 Å².